The number of nitrogens with zero attached hydrogens (tertiary/aromatic N) is 3. The molecule has 2 aromatic rings. The van der Waals surface area contributed by atoms with Gasteiger partial charge in [0, 0.05) is 45.3 Å². The second kappa shape index (κ2) is 7.91. The fourth-order valence-electron chi connectivity index (χ4n) is 3.36. The Bertz CT molecular complexity index is 702. The first-order chi connectivity index (χ1) is 12.8. The first kappa shape index (κ1) is 17.1. The van der Waals surface area contributed by atoms with E-state index in [2.05, 4.69) is 15.1 Å². The lowest BCUT2D eigenvalue weighted by atomic mass is 10.1. The summed E-state index contributed by atoms with van der Waals surface area (Å²) in [7, 11) is 0. The number of carbonyl (C=O) groups is 1. The summed E-state index contributed by atoms with van der Waals surface area (Å²) in [6.07, 6.45) is 4.99. The highest BCUT2D eigenvalue weighted by atomic mass is 16.5. The predicted octanol–water partition coefficient (Wildman–Crippen LogP) is 2.40. The summed E-state index contributed by atoms with van der Waals surface area (Å²) >= 11 is 0. The van der Waals surface area contributed by atoms with Gasteiger partial charge in [0.05, 0.1) is 5.69 Å². The Morgan fingerprint density at radius 1 is 1.12 bits per heavy atom. The maximum atomic E-state index is 12.1. The summed E-state index contributed by atoms with van der Waals surface area (Å²) in [5.74, 6) is 1.90. The van der Waals surface area contributed by atoms with Crippen molar-refractivity contribution in [3.8, 4) is 17.0 Å². The number of H-pyrrole nitrogens is 1. The summed E-state index contributed by atoms with van der Waals surface area (Å²) in [6.45, 7) is 5.15. The Morgan fingerprint density at radius 2 is 1.88 bits per heavy atom. The lowest BCUT2D eigenvalue weighted by Crippen LogP contribution is -2.49. The number of benzene rings is 1. The zero-order chi connectivity index (χ0) is 17.8. The number of ether oxygens (including phenoxy) is 1. The minimum Gasteiger partial charge on any atom is -0.492 e. The van der Waals surface area contributed by atoms with Gasteiger partial charge in [-0.1, -0.05) is 0 Å². The summed E-state index contributed by atoms with van der Waals surface area (Å²) in [4.78, 5) is 16.5. The maximum absolute atomic E-state index is 12.1. The van der Waals surface area contributed by atoms with Crippen molar-refractivity contribution in [2.75, 3.05) is 39.3 Å². The Morgan fingerprint density at radius 3 is 2.54 bits per heavy atom. The van der Waals surface area contributed by atoms with Crippen LogP contribution in [0.25, 0.3) is 11.3 Å². The quantitative estimate of drug-likeness (QED) is 0.829. The lowest BCUT2D eigenvalue weighted by Gasteiger charge is -2.34. The van der Waals surface area contributed by atoms with Crippen molar-refractivity contribution in [1.82, 2.24) is 20.0 Å². The van der Waals surface area contributed by atoms with Crippen molar-refractivity contribution in [2.24, 2.45) is 5.92 Å². The molecule has 1 saturated carbocycles. The van der Waals surface area contributed by atoms with Crippen molar-refractivity contribution in [1.29, 1.82) is 0 Å². The van der Waals surface area contributed by atoms with E-state index in [1.54, 1.807) is 6.20 Å². The highest BCUT2D eigenvalue weighted by molar-refractivity contribution is 5.76. The number of aromatic nitrogens is 2. The van der Waals surface area contributed by atoms with Gasteiger partial charge >= 0.3 is 0 Å². The molecular weight excluding hydrogens is 328 g/mol. The van der Waals surface area contributed by atoms with E-state index in [0.29, 0.717) is 18.4 Å². The van der Waals surface area contributed by atoms with E-state index in [1.165, 1.54) is 12.8 Å². The molecule has 1 aliphatic heterocycles. The zero-order valence-corrected chi connectivity index (χ0v) is 15.1. The van der Waals surface area contributed by atoms with Crippen LogP contribution < -0.4 is 4.74 Å². The first-order valence-electron chi connectivity index (χ1n) is 9.51. The smallest absolute Gasteiger partial charge is 0.222 e. The molecule has 4 rings (SSSR count). The van der Waals surface area contributed by atoms with Crippen LogP contribution in [0.2, 0.25) is 0 Å². The standard InChI is InChI=1S/C20H26N4O2/c25-20(15-16-1-2-16)24-11-9-23(10-12-24)13-14-26-18-5-3-17(4-6-18)19-7-8-21-22-19/h3-8,16H,1-2,9-15H2,(H,21,22). The Labute approximate surface area is 154 Å². The van der Waals surface area contributed by atoms with E-state index in [-0.39, 0.29) is 0 Å². The SMILES string of the molecule is O=C(CC1CC1)N1CCN(CCOc2ccc(-c3ccn[nH]3)cc2)CC1. The molecule has 26 heavy (non-hydrogen) atoms. The molecule has 0 spiro atoms. The van der Waals surface area contributed by atoms with Crippen molar-refractivity contribution < 1.29 is 9.53 Å². The van der Waals surface area contributed by atoms with Gasteiger partial charge in [-0.25, -0.2) is 0 Å². The molecule has 1 saturated heterocycles. The van der Waals surface area contributed by atoms with E-state index in [1.807, 2.05) is 35.2 Å². The summed E-state index contributed by atoms with van der Waals surface area (Å²) < 4.78 is 5.87. The van der Waals surface area contributed by atoms with E-state index in [4.69, 9.17) is 4.74 Å². The summed E-state index contributed by atoms with van der Waals surface area (Å²) in [5, 5.41) is 6.93. The number of amides is 1. The molecule has 6 nitrogen and oxygen atoms in total. The summed E-state index contributed by atoms with van der Waals surface area (Å²) in [5.41, 5.74) is 2.10. The van der Waals surface area contributed by atoms with Crippen LogP contribution in [0, 0.1) is 5.92 Å². The van der Waals surface area contributed by atoms with Gasteiger partial charge < -0.3 is 9.64 Å². The minimum absolute atomic E-state index is 0.348. The molecule has 1 aromatic heterocycles. The van der Waals surface area contributed by atoms with E-state index in [9.17, 15) is 4.79 Å². The fourth-order valence-corrected chi connectivity index (χ4v) is 3.36. The third kappa shape index (κ3) is 4.43. The maximum Gasteiger partial charge on any atom is 0.222 e. The number of aromatic amines is 1. The molecule has 0 radical (unpaired) electrons. The number of piperazine rings is 1. The van der Waals surface area contributed by atoms with Crippen LogP contribution in [0.4, 0.5) is 0 Å². The molecule has 1 N–H and O–H groups in total. The first-order valence-corrected chi connectivity index (χ1v) is 9.51. The van der Waals surface area contributed by atoms with Gasteiger partial charge in [0.25, 0.3) is 0 Å². The van der Waals surface area contributed by atoms with Crippen LogP contribution in [-0.4, -0.2) is 65.2 Å². The van der Waals surface area contributed by atoms with Crippen LogP contribution in [0.3, 0.4) is 0 Å². The second-order valence-electron chi connectivity index (χ2n) is 7.21. The number of rotatable bonds is 7. The van der Waals surface area contributed by atoms with Gasteiger partial charge in [-0.3, -0.25) is 14.8 Å². The van der Waals surface area contributed by atoms with E-state index < -0.39 is 0 Å². The van der Waals surface area contributed by atoms with Crippen LogP contribution in [0.1, 0.15) is 19.3 Å². The number of hydrogen-bond donors (Lipinski definition) is 1. The molecule has 0 bridgehead atoms. The molecule has 0 unspecified atom stereocenters. The number of nitrogens with one attached hydrogen (secondary N) is 1. The highest BCUT2D eigenvalue weighted by Crippen LogP contribution is 2.33. The average Bonchev–Trinajstić information content (AvgIpc) is 3.32. The van der Waals surface area contributed by atoms with Crippen LogP contribution in [0.5, 0.6) is 5.75 Å². The topological polar surface area (TPSA) is 61.5 Å². The van der Waals surface area contributed by atoms with Crippen LogP contribution >= 0.6 is 0 Å². The molecule has 0 atom stereocenters. The van der Waals surface area contributed by atoms with Crippen molar-refractivity contribution >= 4 is 5.91 Å². The van der Waals surface area contributed by atoms with Crippen molar-refractivity contribution in [3.63, 3.8) is 0 Å². The van der Waals surface area contributed by atoms with Crippen LogP contribution in [0.15, 0.2) is 36.5 Å². The normalized spacial score (nSPS) is 18.1. The van der Waals surface area contributed by atoms with Gasteiger partial charge in [0.2, 0.25) is 5.91 Å². The highest BCUT2D eigenvalue weighted by Gasteiger charge is 2.28. The Kier molecular flexibility index (Phi) is 5.20. The van der Waals surface area contributed by atoms with Gasteiger partial charge in [-0.05, 0) is 54.7 Å². The predicted molar refractivity (Wildman–Crippen MR) is 99.9 cm³/mol. The minimum atomic E-state index is 0.348. The zero-order valence-electron chi connectivity index (χ0n) is 15.1. The lowest BCUT2D eigenvalue weighted by molar-refractivity contribution is -0.133. The third-order valence-corrected chi connectivity index (χ3v) is 5.23. The second-order valence-corrected chi connectivity index (χ2v) is 7.21. The Balaban J connectivity index is 1.16. The molecule has 138 valence electrons. The van der Waals surface area contributed by atoms with E-state index >= 15 is 0 Å². The number of hydrogen-bond acceptors (Lipinski definition) is 4. The molecule has 6 heteroatoms. The third-order valence-electron chi connectivity index (χ3n) is 5.23. The van der Waals surface area contributed by atoms with Gasteiger partial charge in [0.1, 0.15) is 12.4 Å². The largest absolute Gasteiger partial charge is 0.492 e. The fraction of sp³-hybridized carbons (Fsp3) is 0.500. The van der Waals surface area contributed by atoms with Gasteiger partial charge in [-0.2, -0.15) is 5.10 Å². The molecule has 2 heterocycles. The van der Waals surface area contributed by atoms with Gasteiger partial charge in [-0.15, -0.1) is 0 Å². The van der Waals surface area contributed by atoms with Crippen molar-refractivity contribution in [2.45, 2.75) is 19.3 Å². The summed E-state index contributed by atoms with van der Waals surface area (Å²) in [6, 6.07) is 10.0. The molecular formula is C20H26N4O2. The van der Waals surface area contributed by atoms with Crippen LogP contribution in [-0.2, 0) is 4.79 Å². The molecule has 1 aliphatic carbocycles. The number of carbonyl (C=O) groups excluding carboxylic acids is 1. The van der Waals surface area contributed by atoms with E-state index in [0.717, 1.165) is 56.2 Å². The molecule has 1 aromatic carbocycles. The average molecular weight is 354 g/mol. The van der Waals surface area contributed by atoms with Gasteiger partial charge in [0.15, 0.2) is 0 Å². The molecule has 1 amide bonds. The molecule has 2 fully saturated rings. The van der Waals surface area contributed by atoms with Crippen molar-refractivity contribution in [3.05, 3.63) is 36.5 Å². The monoisotopic (exact) mass is 354 g/mol. The Hall–Kier alpha value is -2.34. The molecule has 2 aliphatic rings.